The lowest BCUT2D eigenvalue weighted by Crippen LogP contribution is -2.33. The second-order valence-electron chi connectivity index (χ2n) is 7.70. The predicted molar refractivity (Wildman–Crippen MR) is 132 cm³/mol. The summed E-state index contributed by atoms with van der Waals surface area (Å²) in [7, 11) is -4.00. The number of imidazole rings is 1. The van der Waals surface area contributed by atoms with Gasteiger partial charge in [0.05, 0.1) is 19.0 Å². The van der Waals surface area contributed by atoms with Gasteiger partial charge in [-0.25, -0.2) is 14.5 Å². The number of carboxylic acid groups (broad SMARTS) is 1. The molecule has 0 saturated carbocycles. The summed E-state index contributed by atoms with van der Waals surface area (Å²) in [5, 5.41) is 12.1. The Labute approximate surface area is 208 Å². The normalized spacial score (nSPS) is 20.3. The first kappa shape index (κ1) is 24.7. The molecule has 34 heavy (non-hydrogen) atoms. The number of fused-ring (bicyclic) bond motifs is 1. The molecule has 4 atom stereocenters. The summed E-state index contributed by atoms with van der Waals surface area (Å²) in [5.74, 6) is -0.909. The predicted octanol–water partition coefficient (Wildman–Crippen LogP) is 3.84. The Bertz CT molecular complexity index is 1290. The molecule has 0 fully saturated rings. The molecule has 3 aromatic rings. The minimum atomic E-state index is -4.00. The molecule has 0 bridgehead atoms. The summed E-state index contributed by atoms with van der Waals surface area (Å²) in [6.07, 6.45) is 6.17. The second kappa shape index (κ2) is 10.0. The standard InChI is InChI=1S/C20H22BrN6O5PS/c1-11(19(28)29)26-33(30,32-15-6-3-13(21)4-7-15)31-9-12-2-5-14(8-12)27-10-23-16-17(27)24-20(22)25-18(16)34/h2-7,10-12,14H,8-9H2,1H3,(H,26,30)(H,28,29)(H3,22,24,25,34)/t11-,12+,14-,33?/m0/s1. The minimum absolute atomic E-state index is 0.0434. The molecular weight excluding hydrogens is 547 g/mol. The number of nitrogens with one attached hydrogen (secondary N) is 1. The number of hydrogen-bond donors (Lipinski definition) is 4. The summed E-state index contributed by atoms with van der Waals surface area (Å²) in [4.78, 5) is 23.9. The van der Waals surface area contributed by atoms with Gasteiger partial charge in [0.25, 0.3) is 0 Å². The van der Waals surface area contributed by atoms with Crippen molar-refractivity contribution in [2.24, 2.45) is 5.92 Å². The molecule has 4 rings (SSSR count). The zero-order valence-electron chi connectivity index (χ0n) is 17.9. The molecule has 1 aliphatic rings. The van der Waals surface area contributed by atoms with Gasteiger partial charge in [0.2, 0.25) is 5.95 Å². The molecule has 0 spiro atoms. The Hall–Kier alpha value is -2.44. The van der Waals surface area contributed by atoms with Gasteiger partial charge in [-0.05, 0) is 37.6 Å². The summed E-state index contributed by atoms with van der Waals surface area (Å²) in [6, 6.07) is 5.40. The average molecular weight is 569 g/mol. The first-order valence-electron chi connectivity index (χ1n) is 10.2. The summed E-state index contributed by atoms with van der Waals surface area (Å²) in [5.41, 5.74) is 6.87. The van der Waals surface area contributed by atoms with Crippen molar-refractivity contribution in [2.75, 3.05) is 12.3 Å². The second-order valence-corrected chi connectivity index (χ2v) is 10.7. The number of aromatic nitrogens is 4. The van der Waals surface area contributed by atoms with Crippen molar-refractivity contribution < 1.29 is 23.5 Å². The van der Waals surface area contributed by atoms with E-state index in [-0.39, 0.29) is 30.3 Å². The number of thiol groups is 1. The molecule has 0 amide bonds. The maximum Gasteiger partial charge on any atom is 0.459 e. The van der Waals surface area contributed by atoms with E-state index in [4.69, 9.17) is 14.8 Å². The number of aliphatic carboxylic acids is 1. The van der Waals surface area contributed by atoms with Crippen molar-refractivity contribution in [2.45, 2.75) is 30.5 Å². The van der Waals surface area contributed by atoms with Crippen LogP contribution in [-0.4, -0.2) is 43.2 Å². The summed E-state index contributed by atoms with van der Waals surface area (Å²) < 4.78 is 27.3. The van der Waals surface area contributed by atoms with Crippen LogP contribution in [0, 0.1) is 5.92 Å². The van der Waals surface area contributed by atoms with Crippen molar-refractivity contribution in [3.63, 3.8) is 0 Å². The van der Waals surface area contributed by atoms with E-state index in [0.29, 0.717) is 22.6 Å². The van der Waals surface area contributed by atoms with Crippen molar-refractivity contribution in [3.05, 3.63) is 47.2 Å². The Balaban J connectivity index is 1.46. The molecule has 0 aliphatic heterocycles. The zero-order valence-corrected chi connectivity index (χ0v) is 21.3. The molecule has 2 heterocycles. The lowest BCUT2D eigenvalue weighted by Gasteiger charge is -2.23. The van der Waals surface area contributed by atoms with Gasteiger partial charge in [-0.2, -0.15) is 10.1 Å². The molecule has 14 heteroatoms. The number of nitrogen functional groups attached to an aromatic ring is 1. The molecule has 1 aromatic carbocycles. The van der Waals surface area contributed by atoms with E-state index < -0.39 is 19.8 Å². The van der Waals surface area contributed by atoms with Gasteiger partial charge in [-0.15, -0.1) is 12.6 Å². The summed E-state index contributed by atoms with van der Waals surface area (Å²) in [6.45, 7) is 1.41. The van der Waals surface area contributed by atoms with E-state index in [1.165, 1.54) is 6.92 Å². The van der Waals surface area contributed by atoms with E-state index in [1.807, 2.05) is 16.7 Å². The molecule has 1 unspecified atom stereocenters. The fraction of sp³-hybridized carbons (Fsp3) is 0.300. The molecule has 0 saturated heterocycles. The van der Waals surface area contributed by atoms with E-state index in [1.54, 1.807) is 30.6 Å². The Kier molecular flexibility index (Phi) is 7.29. The quantitative estimate of drug-likeness (QED) is 0.129. The number of anilines is 1. The highest BCUT2D eigenvalue weighted by atomic mass is 79.9. The van der Waals surface area contributed by atoms with Crippen LogP contribution >= 0.6 is 36.3 Å². The van der Waals surface area contributed by atoms with Crippen LogP contribution in [0.1, 0.15) is 19.4 Å². The number of carbonyl (C=O) groups is 1. The van der Waals surface area contributed by atoms with Crippen molar-refractivity contribution in [3.8, 4) is 5.75 Å². The Morgan fingerprint density at radius 1 is 1.38 bits per heavy atom. The van der Waals surface area contributed by atoms with Crippen LogP contribution in [0.2, 0.25) is 0 Å². The molecule has 11 nitrogen and oxygen atoms in total. The first-order chi connectivity index (χ1) is 16.1. The maximum absolute atomic E-state index is 13.4. The van der Waals surface area contributed by atoms with Gasteiger partial charge in [-0.1, -0.05) is 28.1 Å². The van der Waals surface area contributed by atoms with E-state index in [2.05, 4.69) is 48.6 Å². The number of carboxylic acids is 1. The number of halogens is 1. The van der Waals surface area contributed by atoms with Gasteiger partial charge in [0.1, 0.15) is 22.3 Å². The van der Waals surface area contributed by atoms with Gasteiger partial charge in [0, 0.05) is 10.4 Å². The smallest absolute Gasteiger partial charge is 0.459 e. The lowest BCUT2D eigenvalue weighted by atomic mass is 10.1. The fourth-order valence-corrected chi connectivity index (χ4v) is 5.53. The molecule has 1 aliphatic carbocycles. The van der Waals surface area contributed by atoms with Gasteiger partial charge < -0.3 is 19.9 Å². The van der Waals surface area contributed by atoms with Crippen molar-refractivity contribution in [1.82, 2.24) is 24.6 Å². The van der Waals surface area contributed by atoms with Crippen LogP contribution in [0.5, 0.6) is 5.75 Å². The maximum atomic E-state index is 13.4. The topological polar surface area (TPSA) is 154 Å². The average Bonchev–Trinajstić information content (AvgIpc) is 3.41. The van der Waals surface area contributed by atoms with Crippen molar-refractivity contribution >= 4 is 59.4 Å². The molecule has 2 aromatic heterocycles. The van der Waals surface area contributed by atoms with E-state index >= 15 is 0 Å². The molecule has 180 valence electrons. The highest BCUT2D eigenvalue weighted by Gasteiger charge is 2.33. The van der Waals surface area contributed by atoms with Gasteiger partial charge >= 0.3 is 13.7 Å². The minimum Gasteiger partial charge on any atom is -0.480 e. The fourth-order valence-electron chi connectivity index (χ4n) is 3.45. The highest BCUT2D eigenvalue weighted by Crippen LogP contribution is 2.46. The van der Waals surface area contributed by atoms with Crippen LogP contribution in [0.3, 0.4) is 0 Å². The third-order valence-corrected chi connectivity index (χ3v) is 7.63. The van der Waals surface area contributed by atoms with E-state index in [0.717, 1.165) is 4.47 Å². The van der Waals surface area contributed by atoms with Crippen LogP contribution in [0.15, 0.2) is 52.2 Å². The highest BCUT2D eigenvalue weighted by molar-refractivity contribution is 9.10. The number of nitrogens with two attached hydrogens (primary N) is 1. The molecule has 4 N–H and O–H groups in total. The third-order valence-electron chi connectivity index (χ3n) is 5.15. The van der Waals surface area contributed by atoms with Crippen LogP contribution in [0.4, 0.5) is 5.95 Å². The molecule has 0 radical (unpaired) electrons. The Morgan fingerprint density at radius 3 is 2.82 bits per heavy atom. The SMILES string of the molecule is C[C@H](NP(=O)(OC[C@@H]1C=C[C@H](n2cnc3c(S)nc(N)nc32)C1)Oc1ccc(Br)cc1)C(=O)O. The van der Waals surface area contributed by atoms with Gasteiger partial charge in [0.15, 0.2) is 5.65 Å². The largest absolute Gasteiger partial charge is 0.480 e. The van der Waals surface area contributed by atoms with Crippen LogP contribution < -0.4 is 15.3 Å². The van der Waals surface area contributed by atoms with Crippen LogP contribution in [0.25, 0.3) is 11.2 Å². The first-order valence-corrected chi connectivity index (χ1v) is 13.0. The molecular formula is C20H22BrN6O5PS. The monoisotopic (exact) mass is 568 g/mol. The Morgan fingerprint density at radius 2 is 2.12 bits per heavy atom. The third kappa shape index (κ3) is 5.61. The van der Waals surface area contributed by atoms with Crippen LogP contribution in [-0.2, 0) is 13.9 Å². The summed E-state index contributed by atoms with van der Waals surface area (Å²) >= 11 is 7.63. The van der Waals surface area contributed by atoms with E-state index in [9.17, 15) is 14.5 Å². The lowest BCUT2D eigenvalue weighted by molar-refractivity contribution is -0.138. The number of rotatable bonds is 9. The number of allylic oxidation sites excluding steroid dienone is 1. The number of benzene rings is 1. The number of nitrogens with zero attached hydrogens (tertiary/aromatic N) is 4. The van der Waals surface area contributed by atoms with Crippen molar-refractivity contribution in [1.29, 1.82) is 0 Å². The van der Waals surface area contributed by atoms with Gasteiger partial charge in [-0.3, -0.25) is 9.32 Å². The number of hydrogen-bond acceptors (Lipinski definition) is 9. The zero-order chi connectivity index (χ0) is 24.5.